The summed E-state index contributed by atoms with van der Waals surface area (Å²) in [7, 11) is 3.12. The van der Waals surface area contributed by atoms with Gasteiger partial charge in [-0.1, -0.05) is 6.07 Å². The number of halogens is 2. The highest BCUT2D eigenvalue weighted by molar-refractivity contribution is 5.94. The lowest BCUT2D eigenvalue weighted by Gasteiger charge is -2.16. The van der Waals surface area contributed by atoms with Crippen LogP contribution in [0.1, 0.15) is 21.5 Å². The molecule has 31 heavy (non-hydrogen) atoms. The molecule has 2 aromatic carbocycles. The van der Waals surface area contributed by atoms with E-state index in [4.69, 9.17) is 19.9 Å². The van der Waals surface area contributed by atoms with Gasteiger partial charge in [-0.25, -0.2) is 0 Å². The molecule has 0 saturated carbocycles. The van der Waals surface area contributed by atoms with Gasteiger partial charge in [0.1, 0.15) is 11.5 Å². The zero-order chi connectivity index (χ0) is 20.6. The third-order valence-corrected chi connectivity index (χ3v) is 4.36. The summed E-state index contributed by atoms with van der Waals surface area (Å²) >= 11 is 0. The first-order valence-corrected chi connectivity index (χ1v) is 9.05. The molecule has 7 nitrogen and oxygen atoms in total. The Labute approximate surface area is 193 Å². The highest BCUT2D eigenvalue weighted by Gasteiger charge is 2.15. The van der Waals surface area contributed by atoms with Crippen LogP contribution in [0, 0.1) is 0 Å². The summed E-state index contributed by atoms with van der Waals surface area (Å²) in [5.74, 6) is 1.86. The van der Waals surface area contributed by atoms with Crippen LogP contribution < -0.4 is 25.3 Å². The number of nitrogens with two attached hydrogens (primary N) is 1. The Hall–Kier alpha value is -3.00. The van der Waals surface area contributed by atoms with E-state index < -0.39 is 0 Å². The fraction of sp³-hybridized carbons (Fsp3) is 0.182. The lowest BCUT2D eigenvalue weighted by molar-refractivity contribution is 0.0950. The van der Waals surface area contributed by atoms with Crippen molar-refractivity contribution < 1.29 is 19.0 Å². The third-order valence-electron chi connectivity index (χ3n) is 4.36. The quantitative estimate of drug-likeness (QED) is 0.519. The van der Waals surface area contributed by atoms with Crippen molar-refractivity contribution in [2.24, 2.45) is 5.73 Å². The number of benzene rings is 2. The molecule has 0 aliphatic carbocycles. The van der Waals surface area contributed by atoms with Crippen LogP contribution in [0.25, 0.3) is 0 Å². The summed E-state index contributed by atoms with van der Waals surface area (Å²) in [5, 5.41) is 2.88. The van der Waals surface area contributed by atoms with E-state index in [1.165, 1.54) is 0 Å². The van der Waals surface area contributed by atoms with Crippen LogP contribution in [0.5, 0.6) is 23.0 Å². The molecule has 0 bridgehead atoms. The predicted molar refractivity (Wildman–Crippen MR) is 124 cm³/mol. The second-order valence-corrected chi connectivity index (χ2v) is 6.15. The highest BCUT2D eigenvalue weighted by Crippen LogP contribution is 2.36. The zero-order valence-electron chi connectivity index (χ0n) is 17.2. The van der Waals surface area contributed by atoms with Gasteiger partial charge in [-0.15, -0.1) is 24.8 Å². The molecule has 3 N–H and O–H groups in total. The number of carbonyl (C=O) groups is 1. The van der Waals surface area contributed by atoms with Crippen LogP contribution in [0.2, 0.25) is 0 Å². The molecule has 0 aliphatic rings. The summed E-state index contributed by atoms with van der Waals surface area (Å²) in [4.78, 5) is 16.5. The Bertz CT molecular complexity index is 988. The second-order valence-electron chi connectivity index (χ2n) is 6.15. The number of hydrogen-bond acceptors (Lipinski definition) is 6. The molecule has 3 rings (SSSR count). The van der Waals surface area contributed by atoms with Crippen molar-refractivity contribution in [1.29, 1.82) is 0 Å². The van der Waals surface area contributed by atoms with Gasteiger partial charge in [-0.2, -0.15) is 0 Å². The van der Waals surface area contributed by atoms with E-state index in [9.17, 15) is 4.79 Å². The van der Waals surface area contributed by atoms with Gasteiger partial charge in [0.25, 0.3) is 5.91 Å². The monoisotopic (exact) mass is 465 g/mol. The van der Waals surface area contributed by atoms with Crippen molar-refractivity contribution in [3.8, 4) is 23.0 Å². The number of nitrogens with one attached hydrogen (secondary N) is 1. The SMILES string of the molecule is COc1ccc(C(=O)NCc2ccncc2)cc1Oc1cccc(OC)c1CN.Cl.Cl. The van der Waals surface area contributed by atoms with Gasteiger partial charge >= 0.3 is 0 Å². The maximum absolute atomic E-state index is 12.6. The van der Waals surface area contributed by atoms with E-state index in [1.54, 1.807) is 50.9 Å². The maximum atomic E-state index is 12.6. The molecule has 9 heteroatoms. The van der Waals surface area contributed by atoms with Crippen LogP contribution in [-0.4, -0.2) is 25.1 Å². The summed E-state index contributed by atoms with van der Waals surface area (Å²) in [6, 6.07) is 14.1. The van der Waals surface area contributed by atoms with Crippen molar-refractivity contribution in [3.05, 3.63) is 77.6 Å². The molecule has 0 atom stereocenters. The Morgan fingerprint density at radius 1 is 0.935 bits per heavy atom. The standard InChI is InChI=1S/C22H23N3O4.2ClH/c1-27-18-4-3-5-19(17(18)13-23)29-21-12-16(6-7-20(21)28-2)22(26)25-14-15-8-10-24-11-9-15;;/h3-12H,13-14,23H2,1-2H3,(H,25,26);2*1H. The number of hydrogen-bond donors (Lipinski definition) is 2. The smallest absolute Gasteiger partial charge is 0.251 e. The summed E-state index contributed by atoms with van der Waals surface area (Å²) in [6.45, 7) is 0.643. The zero-order valence-corrected chi connectivity index (χ0v) is 18.8. The maximum Gasteiger partial charge on any atom is 0.251 e. The van der Waals surface area contributed by atoms with Crippen molar-refractivity contribution >= 4 is 30.7 Å². The van der Waals surface area contributed by atoms with Gasteiger partial charge in [-0.05, 0) is 48.0 Å². The topological polar surface area (TPSA) is 95.7 Å². The second kappa shape index (κ2) is 12.6. The molecule has 0 saturated heterocycles. The minimum atomic E-state index is -0.223. The number of rotatable bonds is 8. The first-order valence-electron chi connectivity index (χ1n) is 9.05. The van der Waals surface area contributed by atoms with E-state index in [1.807, 2.05) is 24.3 Å². The summed E-state index contributed by atoms with van der Waals surface area (Å²) < 4.78 is 16.8. The Kier molecular flexibility index (Phi) is 10.6. The van der Waals surface area contributed by atoms with Crippen molar-refractivity contribution in [2.75, 3.05) is 14.2 Å². The minimum absolute atomic E-state index is 0. The molecule has 0 spiro atoms. The number of ether oxygens (including phenoxy) is 3. The molecule has 3 aromatic rings. The Balaban J connectivity index is 0.00000240. The van der Waals surface area contributed by atoms with Crippen molar-refractivity contribution in [3.63, 3.8) is 0 Å². The number of pyridine rings is 1. The Morgan fingerprint density at radius 2 is 1.61 bits per heavy atom. The molecule has 0 fully saturated rings. The minimum Gasteiger partial charge on any atom is -0.496 e. The van der Waals surface area contributed by atoms with Gasteiger partial charge in [0, 0.05) is 31.0 Å². The highest BCUT2D eigenvalue weighted by atomic mass is 35.5. The fourth-order valence-corrected chi connectivity index (χ4v) is 2.83. The van der Waals surface area contributed by atoms with Crippen molar-refractivity contribution in [1.82, 2.24) is 10.3 Å². The van der Waals surface area contributed by atoms with E-state index in [0.717, 1.165) is 11.1 Å². The van der Waals surface area contributed by atoms with Crippen LogP contribution >= 0.6 is 24.8 Å². The molecule has 1 heterocycles. The summed E-state index contributed by atoms with van der Waals surface area (Å²) in [6.07, 6.45) is 3.37. The van der Waals surface area contributed by atoms with E-state index in [-0.39, 0.29) is 37.3 Å². The average Bonchev–Trinajstić information content (AvgIpc) is 2.77. The normalized spacial score (nSPS) is 9.65. The van der Waals surface area contributed by atoms with E-state index >= 15 is 0 Å². The number of carbonyl (C=O) groups excluding carboxylic acids is 1. The van der Waals surface area contributed by atoms with E-state index in [2.05, 4.69) is 10.3 Å². The van der Waals surface area contributed by atoms with Crippen LogP contribution in [0.15, 0.2) is 60.9 Å². The van der Waals surface area contributed by atoms with Gasteiger partial charge in [0.05, 0.1) is 19.8 Å². The lowest BCUT2D eigenvalue weighted by atomic mass is 10.1. The third kappa shape index (κ3) is 6.49. The summed E-state index contributed by atoms with van der Waals surface area (Å²) in [5.41, 5.74) is 8.00. The molecule has 1 aromatic heterocycles. The van der Waals surface area contributed by atoms with Gasteiger partial charge < -0.3 is 25.3 Å². The first-order chi connectivity index (χ1) is 14.2. The molecule has 166 valence electrons. The number of nitrogens with zero attached hydrogens (tertiary/aromatic N) is 1. The van der Waals surface area contributed by atoms with Gasteiger partial charge in [0.2, 0.25) is 0 Å². The largest absolute Gasteiger partial charge is 0.496 e. The van der Waals surface area contributed by atoms with Crippen molar-refractivity contribution in [2.45, 2.75) is 13.1 Å². The molecular weight excluding hydrogens is 441 g/mol. The molecule has 0 aliphatic heterocycles. The predicted octanol–water partition coefficient (Wildman–Crippen LogP) is 4.12. The number of methoxy groups -OCH3 is 2. The van der Waals surface area contributed by atoms with Crippen LogP contribution in [0.4, 0.5) is 0 Å². The fourth-order valence-electron chi connectivity index (χ4n) is 2.83. The number of amides is 1. The van der Waals surface area contributed by atoms with Crippen LogP contribution in [0.3, 0.4) is 0 Å². The van der Waals surface area contributed by atoms with E-state index in [0.29, 0.717) is 35.1 Å². The van der Waals surface area contributed by atoms with Gasteiger partial charge in [0.15, 0.2) is 11.5 Å². The van der Waals surface area contributed by atoms with Crippen LogP contribution in [-0.2, 0) is 13.1 Å². The molecular formula is C22H25Cl2N3O4. The average molecular weight is 466 g/mol. The van der Waals surface area contributed by atoms with Gasteiger partial charge in [-0.3, -0.25) is 9.78 Å². The Morgan fingerprint density at radius 3 is 2.26 bits per heavy atom. The first kappa shape index (κ1) is 26.0. The molecule has 0 radical (unpaired) electrons. The molecule has 0 unspecified atom stereocenters. The lowest BCUT2D eigenvalue weighted by Crippen LogP contribution is -2.22. The number of aromatic nitrogens is 1. The molecule has 1 amide bonds.